The van der Waals surface area contributed by atoms with Crippen molar-refractivity contribution in [1.82, 2.24) is 4.98 Å². The molecular weight excluding hydrogens is 195 g/mol. The summed E-state index contributed by atoms with van der Waals surface area (Å²) in [4.78, 5) is 3.82. The SMILES string of the molecule is NC1(COc2ccc(F)cn2)CCCC1. The van der Waals surface area contributed by atoms with Crippen molar-refractivity contribution < 1.29 is 9.13 Å². The van der Waals surface area contributed by atoms with E-state index in [0.29, 0.717) is 12.5 Å². The molecule has 0 aliphatic heterocycles. The molecule has 2 rings (SSSR count). The second kappa shape index (κ2) is 4.14. The van der Waals surface area contributed by atoms with Gasteiger partial charge in [0, 0.05) is 6.07 Å². The summed E-state index contributed by atoms with van der Waals surface area (Å²) in [5.74, 6) is 0.0822. The standard InChI is InChI=1S/C11H15FN2O/c12-9-3-4-10(14-7-9)15-8-11(13)5-1-2-6-11/h3-4,7H,1-2,5-6,8,13H2. The van der Waals surface area contributed by atoms with Gasteiger partial charge in [-0.1, -0.05) is 12.8 Å². The second-order valence-electron chi connectivity index (χ2n) is 4.17. The van der Waals surface area contributed by atoms with Crippen molar-refractivity contribution in [3.63, 3.8) is 0 Å². The topological polar surface area (TPSA) is 48.1 Å². The summed E-state index contributed by atoms with van der Waals surface area (Å²) in [5.41, 5.74) is 5.90. The first-order valence-electron chi connectivity index (χ1n) is 5.21. The van der Waals surface area contributed by atoms with Crippen molar-refractivity contribution in [3.05, 3.63) is 24.1 Å². The molecule has 1 heterocycles. The molecule has 3 nitrogen and oxygen atoms in total. The average molecular weight is 210 g/mol. The highest BCUT2D eigenvalue weighted by atomic mass is 19.1. The van der Waals surface area contributed by atoms with Crippen LogP contribution in [-0.2, 0) is 0 Å². The van der Waals surface area contributed by atoms with Gasteiger partial charge in [-0.25, -0.2) is 9.37 Å². The Bertz CT molecular complexity index is 320. The van der Waals surface area contributed by atoms with Crippen molar-refractivity contribution in [2.45, 2.75) is 31.2 Å². The molecule has 1 aliphatic rings. The zero-order valence-corrected chi connectivity index (χ0v) is 8.58. The molecule has 1 aliphatic carbocycles. The van der Waals surface area contributed by atoms with Crippen LogP contribution < -0.4 is 10.5 Å². The first-order valence-corrected chi connectivity index (χ1v) is 5.21. The molecule has 1 saturated carbocycles. The van der Waals surface area contributed by atoms with E-state index in [4.69, 9.17) is 10.5 Å². The van der Waals surface area contributed by atoms with Gasteiger partial charge >= 0.3 is 0 Å². The summed E-state index contributed by atoms with van der Waals surface area (Å²) in [6, 6.07) is 2.85. The quantitative estimate of drug-likeness (QED) is 0.828. The predicted molar refractivity (Wildman–Crippen MR) is 55.1 cm³/mol. The van der Waals surface area contributed by atoms with Gasteiger partial charge in [-0.2, -0.15) is 0 Å². The van der Waals surface area contributed by atoms with Crippen molar-refractivity contribution in [2.24, 2.45) is 5.73 Å². The lowest BCUT2D eigenvalue weighted by Crippen LogP contribution is -2.42. The van der Waals surface area contributed by atoms with E-state index in [9.17, 15) is 4.39 Å². The number of hydrogen-bond acceptors (Lipinski definition) is 3. The van der Waals surface area contributed by atoms with Gasteiger partial charge in [0.2, 0.25) is 5.88 Å². The van der Waals surface area contributed by atoms with Crippen molar-refractivity contribution in [2.75, 3.05) is 6.61 Å². The molecule has 0 atom stereocenters. The summed E-state index contributed by atoms with van der Waals surface area (Å²) in [7, 11) is 0. The van der Waals surface area contributed by atoms with Crippen LogP contribution in [0.5, 0.6) is 5.88 Å². The number of nitrogens with two attached hydrogens (primary N) is 1. The van der Waals surface area contributed by atoms with Crippen LogP contribution >= 0.6 is 0 Å². The Labute approximate surface area is 88.5 Å². The Kier molecular flexibility index (Phi) is 2.86. The number of aromatic nitrogens is 1. The molecular formula is C11H15FN2O. The zero-order chi connectivity index (χ0) is 10.7. The van der Waals surface area contributed by atoms with Gasteiger partial charge in [0.1, 0.15) is 12.4 Å². The minimum atomic E-state index is -0.356. The fourth-order valence-electron chi connectivity index (χ4n) is 1.89. The summed E-state index contributed by atoms with van der Waals surface area (Å²) < 4.78 is 18.0. The number of halogens is 1. The molecule has 1 aromatic rings. The van der Waals surface area contributed by atoms with E-state index in [-0.39, 0.29) is 11.4 Å². The Hall–Kier alpha value is -1.16. The molecule has 1 fully saturated rings. The first kappa shape index (κ1) is 10.4. The predicted octanol–water partition coefficient (Wildman–Crippen LogP) is 1.87. The van der Waals surface area contributed by atoms with Gasteiger partial charge in [0.05, 0.1) is 11.7 Å². The minimum Gasteiger partial charge on any atom is -0.476 e. The fourth-order valence-corrected chi connectivity index (χ4v) is 1.89. The van der Waals surface area contributed by atoms with E-state index in [2.05, 4.69) is 4.98 Å². The maximum absolute atomic E-state index is 12.6. The lowest BCUT2D eigenvalue weighted by Gasteiger charge is -2.22. The fraction of sp³-hybridized carbons (Fsp3) is 0.545. The van der Waals surface area contributed by atoms with Crippen molar-refractivity contribution in [1.29, 1.82) is 0 Å². The van der Waals surface area contributed by atoms with E-state index < -0.39 is 0 Å². The van der Waals surface area contributed by atoms with E-state index in [0.717, 1.165) is 31.9 Å². The maximum Gasteiger partial charge on any atom is 0.213 e. The molecule has 2 N–H and O–H groups in total. The van der Waals surface area contributed by atoms with Gasteiger partial charge in [0.25, 0.3) is 0 Å². The monoisotopic (exact) mass is 210 g/mol. The molecule has 15 heavy (non-hydrogen) atoms. The molecule has 0 amide bonds. The molecule has 0 aromatic carbocycles. The van der Waals surface area contributed by atoms with Crippen LogP contribution in [0.1, 0.15) is 25.7 Å². The zero-order valence-electron chi connectivity index (χ0n) is 8.58. The third-order valence-corrected chi connectivity index (χ3v) is 2.81. The first-order chi connectivity index (χ1) is 7.18. The number of nitrogens with zero attached hydrogens (tertiary/aromatic N) is 1. The molecule has 1 aromatic heterocycles. The van der Waals surface area contributed by atoms with Crippen LogP contribution in [0.25, 0.3) is 0 Å². The number of hydrogen-bond donors (Lipinski definition) is 1. The van der Waals surface area contributed by atoms with Crippen LogP contribution in [0.15, 0.2) is 18.3 Å². The summed E-state index contributed by atoms with van der Waals surface area (Å²) in [5, 5.41) is 0. The molecule has 0 bridgehead atoms. The Morgan fingerprint density at radius 2 is 2.13 bits per heavy atom. The van der Waals surface area contributed by atoms with Crippen molar-refractivity contribution >= 4 is 0 Å². The lowest BCUT2D eigenvalue weighted by molar-refractivity contribution is 0.213. The molecule has 0 saturated heterocycles. The summed E-state index contributed by atoms with van der Waals surface area (Å²) >= 11 is 0. The summed E-state index contributed by atoms with van der Waals surface area (Å²) in [6.45, 7) is 0.464. The number of rotatable bonds is 3. The Morgan fingerprint density at radius 1 is 1.40 bits per heavy atom. The van der Waals surface area contributed by atoms with Crippen LogP contribution in [-0.4, -0.2) is 17.1 Å². The highest BCUT2D eigenvalue weighted by molar-refractivity contribution is 5.11. The van der Waals surface area contributed by atoms with Gasteiger partial charge in [0.15, 0.2) is 0 Å². The van der Waals surface area contributed by atoms with Crippen LogP contribution in [0, 0.1) is 5.82 Å². The third kappa shape index (κ3) is 2.65. The Morgan fingerprint density at radius 3 is 2.73 bits per heavy atom. The van der Waals surface area contributed by atoms with Gasteiger partial charge < -0.3 is 10.5 Å². The van der Waals surface area contributed by atoms with Crippen LogP contribution in [0.4, 0.5) is 4.39 Å². The van der Waals surface area contributed by atoms with E-state index in [1.165, 1.54) is 12.1 Å². The Balaban J connectivity index is 1.90. The van der Waals surface area contributed by atoms with Crippen LogP contribution in [0.3, 0.4) is 0 Å². The normalized spacial score (nSPS) is 19.1. The lowest BCUT2D eigenvalue weighted by atomic mass is 10.0. The third-order valence-electron chi connectivity index (χ3n) is 2.81. The van der Waals surface area contributed by atoms with Gasteiger partial charge in [-0.05, 0) is 18.9 Å². The highest BCUT2D eigenvalue weighted by Crippen LogP contribution is 2.27. The smallest absolute Gasteiger partial charge is 0.213 e. The number of ether oxygens (including phenoxy) is 1. The van der Waals surface area contributed by atoms with Crippen molar-refractivity contribution in [3.8, 4) is 5.88 Å². The molecule has 0 spiro atoms. The minimum absolute atomic E-state index is 0.212. The van der Waals surface area contributed by atoms with E-state index in [1.54, 1.807) is 0 Å². The molecule has 0 radical (unpaired) electrons. The molecule has 0 unspecified atom stereocenters. The largest absolute Gasteiger partial charge is 0.476 e. The van der Waals surface area contributed by atoms with Gasteiger partial charge in [-0.15, -0.1) is 0 Å². The maximum atomic E-state index is 12.6. The van der Waals surface area contributed by atoms with E-state index in [1.807, 2.05) is 0 Å². The summed E-state index contributed by atoms with van der Waals surface area (Å²) in [6.07, 6.45) is 5.46. The van der Waals surface area contributed by atoms with Crippen LogP contribution in [0.2, 0.25) is 0 Å². The number of pyridine rings is 1. The average Bonchev–Trinajstić information content (AvgIpc) is 2.65. The van der Waals surface area contributed by atoms with Gasteiger partial charge in [-0.3, -0.25) is 0 Å². The molecule has 82 valence electrons. The van der Waals surface area contributed by atoms with E-state index >= 15 is 0 Å². The highest BCUT2D eigenvalue weighted by Gasteiger charge is 2.30. The second-order valence-corrected chi connectivity index (χ2v) is 4.17. The molecule has 4 heteroatoms.